The van der Waals surface area contributed by atoms with Gasteiger partial charge in [-0.05, 0) is 32.1 Å². The molecule has 0 amide bonds. The van der Waals surface area contributed by atoms with E-state index >= 15 is 0 Å². The molecule has 1 unspecified atom stereocenters. The molecule has 1 fully saturated rings. The molecule has 16 heavy (non-hydrogen) atoms. The van der Waals surface area contributed by atoms with Crippen LogP contribution in [0.3, 0.4) is 0 Å². The molecule has 96 valence electrons. The van der Waals surface area contributed by atoms with Crippen molar-refractivity contribution < 1.29 is 9.47 Å². The van der Waals surface area contributed by atoms with Crippen molar-refractivity contribution in [2.45, 2.75) is 45.6 Å². The van der Waals surface area contributed by atoms with Crippen molar-refractivity contribution in [3.8, 4) is 0 Å². The first-order valence-electron chi connectivity index (χ1n) is 6.73. The van der Waals surface area contributed by atoms with E-state index in [1.54, 1.807) is 0 Å². The van der Waals surface area contributed by atoms with E-state index < -0.39 is 0 Å². The molecule has 1 heterocycles. The van der Waals surface area contributed by atoms with Gasteiger partial charge in [-0.2, -0.15) is 0 Å². The molecule has 3 nitrogen and oxygen atoms in total. The molecule has 1 saturated heterocycles. The zero-order valence-corrected chi connectivity index (χ0v) is 10.8. The average molecular weight is 229 g/mol. The van der Waals surface area contributed by atoms with Crippen molar-refractivity contribution in [1.82, 2.24) is 5.32 Å². The average Bonchev–Trinajstić information content (AvgIpc) is 2.34. The lowest BCUT2D eigenvalue weighted by molar-refractivity contribution is 0.0540. The van der Waals surface area contributed by atoms with Crippen LogP contribution in [0.1, 0.15) is 39.5 Å². The van der Waals surface area contributed by atoms with Gasteiger partial charge in [0.25, 0.3) is 0 Å². The van der Waals surface area contributed by atoms with Gasteiger partial charge in [0.1, 0.15) is 0 Å². The summed E-state index contributed by atoms with van der Waals surface area (Å²) in [6.45, 7) is 9.06. The van der Waals surface area contributed by atoms with Crippen LogP contribution in [0.2, 0.25) is 0 Å². The monoisotopic (exact) mass is 229 g/mol. The Balaban J connectivity index is 1.94. The second-order valence-corrected chi connectivity index (χ2v) is 4.66. The van der Waals surface area contributed by atoms with Crippen molar-refractivity contribution >= 4 is 0 Å². The Morgan fingerprint density at radius 3 is 2.75 bits per heavy atom. The largest absolute Gasteiger partial charge is 0.381 e. The molecule has 0 radical (unpaired) electrons. The van der Waals surface area contributed by atoms with Crippen LogP contribution in [0.5, 0.6) is 0 Å². The molecule has 1 aliphatic heterocycles. The summed E-state index contributed by atoms with van der Waals surface area (Å²) in [6.07, 6.45) is 4.79. The molecular weight excluding hydrogens is 202 g/mol. The molecule has 0 saturated carbocycles. The molecule has 1 rings (SSSR count). The summed E-state index contributed by atoms with van der Waals surface area (Å²) >= 11 is 0. The van der Waals surface area contributed by atoms with Crippen LogP contribution in [-0.4, -0.2) is 39.0 Å². The Hall–Kier alpha value is -0.120. The van der Waals surface area contributed by atoms with Crippen LogP contribution in [0.4, 0.5) is 0 Å². The molecule has 1 aliphatic rings. The van der Waals surface area contributed by atoms with Crippen molar-refractivity contribution in [1.29, 1.82) is 0 Å². The van der Waals surface area contributed by atoms with Crippen LogP contribution in [-0.2, 0) is 9.47 Å². The van der Waals surface area contributed by atoms with Gasteiger partial charge in [0.2, 0.25) is 0 Å². The molecule has 0 aromatic rings. The van der Waals surface area contributed by atoms with Crippen molar-refractivity contribution in [2.75, 3.05) is 33.0 Å². The van der Waals surface area contributed by atoms with Gasteiger partial charge in [0.15, 0.2) is 0 Å². The second-order valence-electron chi connectivity index (χ2n) is 4.66. The normalized spacial score (nSPS) is 19.9. The van der Waals surface area contributed by atoms with E-state index in [4.69, 9.17) is 9.47 Å². The predicted molar refractivity (Wildman–Crippen MR) is 66.7 cm³/mol. The first-order chi connectivity index (χ1) is 7.84. The predicted octanol–water partition coefficient (Wildman–Crippen LogP) is 2.21. The third-order valence-corrected chi connectivity index (χ3v) is 3.33. The van der Waals surface area contributed by atoms with Gasteiger partial charge in [-0.1, -0.05) is 13.3 Å². The van der Waals surface area contributed by atoms with Crippen LogP contribution < -0.4 is 5.32 Å². The minimum absolute atomic E-state index is 0.596. The summed E-state index contributed by atoms with van der Waals surface area (Å²) in [5, 5.41) is 3.55. The smallest absolute Gasteiger partial charge is 0.0590 e. The highest BCUT2D eigenvalue weighted by molar-refractivity contribution is 4.74. The number of nitrogens with one attached hydrogen (secondary N) is 1. The summed E-state index contributed by atoms with van der Waals surface area (Å²) in [5.41, 5.74) is 0. The zero-order valence-electron chi connectivity index (χ0n) is 10.8. The lowest BCUT2D eigenvalue weighted by Gasteiger charge is -2.28. The van der Waals surface area contributed by atoms with E-state index in [2.05, 4.69) is 19.2 Å². The van der Waals surface area contributed by atoms with Crippen LogP contribution in [0.15, 0.2) is 0 Å². The molecule has 1 N–H and O–H groups in total. The fraction of sp³-hybridized carbons (Fsp3) is 1.00. The highest BCUT2D eigenvalue weighted by Gasteiger charge is 2.19. The lowest BCUT2D eigenvalue weighted by Crippen LogP contribution is -2.38. The van der Waals surface area contributed by atoms with E-state index in [1.807, 2.05) is 0 Å². The standard InChI is InChI=1S/C13H27NO2/c1-3-4-8-15-11-7-14-12(2)13-5-9-16-10-6-13/h12-14H,3-11H2,1-2H3. The molecule has 0 aromatic carbocycles. The molecule has 1 atom stereocenters. The minimum atomic E-state index is 0.596. The van der Waals surface area contributed by atoms with Gasteiger partial charge in [-0.15, -0.1) is 0 Å². The van der Waals surface area contributed by atoms with Crippen molar-refractivity contribution in [3.05, 3.63) is 0 Å². The number of rotatable bonds is 8. The summed E-state index contributed by atoms with van der Waals surface area (Å²) in [4.78, 5) is 0. The van der Waals surface area contributed by atoms with E-state index in [0.717, 1.165) is 38.9 Å². The molecule has 0 aromatic heterocycles. The van der Waals surface area contributed by atoms with Crippen molar-refractivity contribution in [2.24, 2.45) is 5.92 Å². The van der Waals surface area contributed by atoms with Crippen LogP contribution in [0.25, 0.3) is 0 Å². The van der Waals surface area contributed by atoms with Gasteiger partial charge in [-0.25, -0.2) is 0 Å². The first kappa shape index (κ1) is 13.9. The summed E-state index contributed by atoms with van der Waals surface area (Å²) in [6, 6.07) is 0.596. The molecule has 0 spiro atoms. The topological polar surface area (TPSA) is 30.5 Å². The highest BCUT2D eigenvalue weighted by atomic mass is 16.5. The van der Waals surface area contributed by atoms with E-state index in [-0.39, 0.29) is 0 Å². The fourth-order valence-electron chi connectivity index (χ4n) is 2.09. The number of hydrogen-bond donors (Lipinski definition) is 1. The molecule has 0 aliphatic carbocycles. The quantitative estimate of drug-likeness (QED) is 0.647. The summed E-state index contributed by atoms with van der Waals surface area (Å²) < 4.78 is 10.9. The Labute approximate surface area is 99.9 Å². The van der Waals surface area contributed by atoms with E-state index in [1.165, 1.54) is 25.7 Å². The van der Waals surface area contributed by atoms with Gasteiger partial charge >= 0.3 is 0 Å². The summed E-state index contributed by atoms with van der Waals surface area (Å²) in [5.74, 6) is 0.782. The zero-order chi connectivity index (χ0) is 11.6. The maximum atomic E-state index is 5.52. The maximum Gasteiger partial charge on any atom is 0.0590 e. The number of hydrogen-bond acceptors (Lipinski definition) is 3. The SMILES string of the molecule is CCCCOCCNC(C)C1CCOCC1. The van der Waals surface area contributed by atoms with Gasteiger partial charge in [-0.3, -0.25) is 0 Å². The van der Waals surface area contributed by atoms with E-state index in [0.29, 0.717) is 6.04 Å². The van der Waals surface area contributed by atoms with Crippen LogP contribution >= 0.6 is 0 Å². The molecule has 3 heteroatoms. The van der Waals surface area contributed by atoms with E-state index in [9.17, 15) is 0 Å². The maximum absolute atomic E-state index is 5.52. The Bertz CT molecular complexity index is 158. The number of ether oxygens (including phenoxy) is 2. The Morgan fingerprint density at radius 2 is 2.06 bits per heavy atom. The van der Waals surface area contributed by atoms with Gasteiger partial charge in [0.05, 0.1) is 6.61 Å². The first-order valence-corrected chi connectivity index (χ1v) is 6.73. The minimum Gasteiger partial charge on any atom is -0.381 e. The second kappa shape index (κ2) is 8.97. The van der Waals surface area contributed by atoms with Gasteiger partial charge in [0, 0.05) is 32.4 Å². The van der Waals surface area contributed by atoms with Gasteiger partial charge < -0.3 is 14.8 Å². The Kier molecular flexibility index (Phi) is 7.81. The lowest BCUT2D eigenvalue weighted by atomic mass is 9.93. The van der Waals surface area contributed by atoms with Crippen molar-refractivity contribution in [3.63, 3.8) is 0 Å². The summed E-state index contributed by atoms with van der Waals surface area (Å²) in [7, 11) is 0. The molecular formula is C13H27NO2. The third-order valence-electron chi connectivity index (χ3n) is 3.33. The highest BCUT2D eigenvalue weighted by Crippen LogP contribution is 2.18. The fourth-order valence-corrected chi connectivity index (χ4v) is 2.09. The third kappa shape index (κ3) is 5.83. The Morgan fingerprint density at radius 1 is 1.31 bits per heavy atom. The van der Waals surface area contributed by atoms with Crippen LogP contribution in [0, 0.1) is 5.92 Å². The number of unbranched alkanes of at least 4 members (excludes halogenated alkanes) is 1. The molecule has 0 bridgehead atoms.